The van der Waals surface area contributed by atoms with E-state index in [0.717, 1.165) is 11.1 Å². The van der Waals surface area contributed by atoms with Crippen LogP contribution in [0.5, 0.6) is 0 Å². The lowest BCUT2D eigenvalue weighted by atomic mass is 9.83. The number of rotatable bonds is 8. The van der Waals surface area contributed by atoms with Crippen molar-refractivity contribution in [2.45, 2.75) is 71.1 Å². The average Bonchev–Trinajstić information content (AvgIpc) is 2.74. The van der Waals surface area contributed by atoms with E-state index in [0.29, 0.717) is 6.54 Å². The Morgan fingerprint density at radius 2 is 1.53 bits per heavy atom. The summed E-state index contributed by atoms with van der Waals surface area (Å²) in [5, 5.41) is 0.0150. The summed E-state index contributed by atoms with van der Waals surface area (Å²) < 4.78 is 12.2. The Labute approximate surface area is 192 Å². The number of likely N-dealkylation sites (tertiary alicyclic amines) is 1. The molecule has 0 aromatic heterocycles. The van der Waals surface area contributed by atoms with Crippen molar-refractivity contribution in [3.8, 4) is 0 Å². The van der Waals surface area contributed by atoms with Gasteiger partial charge in [0, 0.05) is 6.54 Å². The molecule has 172 valence electrons. The summed E-state index contributed by atoms with van der Waals surface area (Å²) in [7, 11) is -2.10. The smallest absolute Gasteiger partial charge is 0.330 e. The van der Waals surface area contributed by atoms with E-state index in [1.807, 2.05) is 67.6 Å². The molecule has 0 saturated carbocycles. The van der Waals surface area contributed by atoms with Crippen molar-refractivity contribution in [1.82, 2.24) is 4.90 Å². The van der Waals surface area contributed by atoms with Gasteiger partial charge >= 0.3 is 5.97 Å². The Morgan fingerprint density at radius 3 is 2.06 bits per heavy atom. The molecule has 1 saturated heterocycles. The first-order chi connectivity index (χ1) is 15.0. The van der Waals surface area contributed by atoms with Gasteiger partial charge in [-0.25, -0.2) is 4.79 Å². The minimum Gasteiger partial charge on any atom is -0.459 e. The number of nitrogens with zero attached hydrogens (tertiary/aromatic N) is 1. The van der Waals surface area contributed by atoms with Gasteiger partial charge in [-0.1, -0.05) is 81.4 Å². The van der Waals surface area contributed by atoms with E-state index in [9.17, 15) is 9.59 Å². The minimum atomic E-state index is -2.10. The van der Waals surface area contributed by atoms with Crippen LogP contribution in [0.4, 0.5) is 0 Å². The molecule has 1 aliphatic rings. The molecule has 1 amide bonds. The van der Waals surface area contributed by atoms with Crippen molar-refractivity contribution in [1.29, 1.82) is 0 Å². The fraction of sp³-hybridized carbons (Fsp3) is 0.462. The van der Waals surface area contributed by atoms with Gasteiger partial charge in [-0.3, -0.25) is 4.79 Å². The lowest BCUT2D eigenvalue weighted by molar-refractivity contribution is -0.181. The molecule has 0 bridgehead atoms. The highest BCUT2D eigenvalue weighted by atomic mass is 28.4. The number of hydrogen-bond donors (Lipinski definition) is 0. The highest BCUT2D eigenvalue weighted by Gasteiger charge is 2.56. The zero-order chi connectivity index (χ0) is 23.5. The van der Waals surface area contributed by atoms with Crippen LogP contribution in [-0.2, 0) is 31.9 Å². The van der Waals surface area contributed by atoms with Crippen molar-refractivity contribution < 1.29 is 18.8 Å². The van der Waals surface area contributed by atoms with Crippen LogP contribution in [0.3, 0.4) is 0 Å². The fourth-order valence-electron chi connectivity index (χ4n) is 3.79. The van der Waals surface area contributed by atoms with Crippen LogP contribution in [0.25, 0.3) is 0 Å². The van der Waals surface area contributed by atoms with Crippen molar-refractivity contribution >= 4 is 20.2 Å². The summed E-state index contributed by atoms with van der Waals surface area (Å²) in [6.45, 7) is 13.3. The maximum absolute atomic E-state index is 13.2. The van der Waals surface area contributed by atoms with Crippen molar-refractivity contribution in [3.63, 3.8) is 0 Å². The highest BCUT2D eigenvalue weighted by Crippen LogP contribution is 2.41. The third-order valence-electron chi connectivity index (χ3n) is 6.70. The van der Waals surface area contributed by atoms with Gasteiger partial charge in [0.1, 0.15) is 12.6 Å². The normalized spacial score (nSPS) is 19.9. The molecule has 0 spiro atoms. The second-order valence-corrected chi connectivity index (χ2v) is 14.9. The molecule has 5 nitrogen and oxygen atoms in total. The van der Waals surface area contributed by atoms with Crippen LogP contribution in [0.15, 0.2) is 60.7 Å². The van der Waals surface area contributed by atoms with E-state index in [1.165, 1.54) is 0 Å². The Hall–Kier alpha value is -2.44. The number of benzene rings is 2. The first-order valence-electron chi connectivity index (χ1n) is 11.2. The molecule has 6 heteroatoms. The summed E-state index contributed by atoms with van der Waals surface area (Å²) in [4.78, 5) is 28.0. The lowest BCUT2D eigenvalue weighted by Crippen LogP contribution is -2.68. The van der Waals surface area contributed by atoms with Gasteiger partial charge in [-0.05, 0) is 36.2 Å². The maximum Gasteiger partial charge on any atom is 0.330 e. The molecule has 1 aliphatic heterocycles. The van der Waals surface area contributed by atoms with Crippen LogP contribution in [-0.4, -0.2) is 37.2 Å². The quantitative estimate of drug-likeness (QED) is 0.314. The highest BCUT2D eigenvalue weighted by molar-refractivity contribution is 6.74. The Balaban J connectivity index is 1.78. The van der Waals surface area contributed by atoms with Crippen molar-refractivity contribution in [2.24, 2.45) is 5.92 Å². The van der Waals surface area contributed by atoms with E-state index in [2.05, 4.69) is 33.9 Å². The summed E-state index contributed by atoms with van der Waals surface area (Å²) in [5.41, 5.74) is 1.90. The Kier molecular flexibility index (Phi) is 7.25. The third kappa shape index (κ3) is 5.30. The molecular weight excluding hydrogens is 418 g/mol. The van der Waals surface area contributed by atoms with Crippen molar-refractivity contribution in [3.05, 3.63) is 71.8 Å². The zero-order valence-corrected chi connectivity index (χ0v) is 21.0. The number of ether oxygens (including phenoxy) is 1. The van der Waals surface area contributed by atoms with Gasteiger partial charge in [0.05, 0.1) is 12.0 Å². The predicted molar refractivity (Wildman–Crippen MR) is 128 cm³/mol. The van der Waals surface area contributed by atoms with Crippen LogP contribution >= 0.6 is 0 Å². The molecule has 32 heavy (non-hydrogen) atoms. The number of carbonyl (C=O) groups is 2. The van der Waals surface area contributed by atoms with Gasteiger partial charge in [0.25, 0.3) is 0 Å². The number of carbonyl (C=O) groups excluding carboxylic acids is 2. The van der Waals surface area contributed by atoms with Gasteiger partial charge in [0.15, 0.2) is 8.32 Å². The minimum absolute atomic E-state index is 0.0150. The fourth-order valence-corrected chi connectivity index (χ4v) is 5.22. The third-order valence-corrected chi connectivity index (χ3v) is 11.3. The topological polar surface area (TPSA) is 55.8 Å². The molecule has 0 radical (unpaired) electrons. The molecule has 2 aromatic rings. The monoisotopic (exact) mass is 453 g/mol. The molecule has 2 aromatic carbocycles. The number of amides is 1. The van der Waals surface area contributed by atoms with Crippen molar-refractivity contribution in [2.75, 3.05) is 0 Å². The first kappa shape index (κ1) is 24.2. The molecular formula is C26H35NO4Si. The summed E-state index contributed by atoms with van der Waals surface area (Å²) >= 11 is 0. The summed E-state index contributed by atoms with van der Waals surface area (Å²) in [5.74, 6) is -0.960. The molecule has 1 unspecified atom stereocenters. The standard InChI is InChI=1S/C26H35NO4Si/c1-19(31-32(5,6)26(2,3)4)22-23(25(29)30-18-21-15-11-8-12-16-21)27(24(22)28)17-20-13-9-7-10-14-20/h7-16,19,22-23H,17-18H2,1-6H3/t19-,22-,23?/m1/s1. The van der Waals surface area contributed by atoms with Crippen LogP contribution < -0.4 is 0 Å². The maximum atomic E-state index is 13.2. The van der Waals surface area contributed by atoms with E-state index in [-0.39, 0.29) is 29.6 Å². The zero-order valence-electron chi connectivity index (χ0n) is 20.0. The molecule has 3 rings (SSSR count). The van der Waals surface area contributed by atoms with Gasteiger partial charge < -0.3 is 14.1 Å². The van der Waals surface area contributed by atoms with Gasteiger partial charge in [-0.2, -0.15) is 0 Å². The summed E-state index contributed by atoms with van der Waals surface area (Å²) in [6.07, 6.45) is -0.357. The Morgan fingerprint density at radius 1 is 1.00 bits per heavy atom. The number of esters is 1. The molecule has 1 heterocycles. The predicted octanol–water partition coefficient (Wildman–Crippen LogP) is 5.17. The van der Waals surface area contributed by atoms with E-state index in [4.69, 9.17) is 9.16 Å². The second kappa shape index (κ2) is 9.59. The number of β-lactam (4-membered cyclic amide) rings is 1. The molecule has 0 N–H and O–H groups in total. The Bertz CT molecular complexity index is 924. The lowest BCUT2D eigenvalue weighted by Gasteiger charge is -2.50. The number of hydrogen-bond acceptors (Lipinski definition) is 4. The average molecular weight is 454 g/mol. The molecule has 0 aliphatic carbocycles. The molecule has 3 atom stereocenters. The van der Waals surface area contributed by atoms with E-state index >= 15 is 0 Å². The van der Waals surface area contributed by atoms with Gasteiger partial charge in [-0.15, -0.1) is 0 Å². The first-order valence-corrected chi connectivity index (χ1v) is 14.1. The van der Waals surface area contributed by atoms with Crippen LogP contribution in [0.2, 0.25) is 18.1 Å². The van der Waals surface area contributed by atoms with E-state index < -0.39 is 20.3 Å². The van der Waals surface area contributed by atoms with Gasteiger partial charge in [0.2, 0.25) is 5.91 Å². The molecule has 1 fully saturated rings. The van der Waals surface area contributed by atoms with Crippen LogP contribution in [0, 0.1) is 5.92 Å². The summed E-state index contributed by atoms with van der Waals surface area (Å²) in [6, 6.07) is 18.7. The van der Waals surface area contributed by atoms with Crippen LogP contribution in [0.1, 0.15) is 38.8 Å². The second-order valence-electron chi connectivity index (χ2n) is 10.1. The van der Waals surface area contributed by atoms with E-state index in [1.54, 1.807) is 4.90 Å². The largest absolute Gasteiger partial charge is 0.459 e. The SMILES string of the molecule is C[C@@H](O[Si](C)(C)C(C)(C)C)[C@H]1C(=O)N(Cc2ccccc2)C1C(=O)OCc1ccccc1.